The number of hydrogen-bond donors (Lipinski definition) is 1. The Morgan fingerprint density at radius 3 is 2.58 bits per heavy atom. The zero-order chi connectivity index (χ0) is 16.9. The van der Waals surface area contributed by atoms with E-state index in [1.807, 2.05) is 18.2 Å². The molecule has 0 saturated carbocycles. The number of carbonyl (C=O) groups excluding carboxylic acids is 3. The van der Waals surface area contributed by atoms with Crippen molar-refractivity contribution in [3.05, 3.63) is 34.5 Å². The van der Waals surface area contributed by atoms with Gasteiger partial charge in [-0.15, -0.1) is 11.3 Å². The lowest BCUT2D eigenvalue weighted by atomic mass is 9.85. The number of nitrogens with one attached hydrogen (secondary N) is 1. The molecule has 1 aromatic heterocycles. The van der Waals surface area contributed by atoms with Gasteiger partial charge in [0.15, 0.2) is 0 Å². The van der Waals surface area contributed by atoms with Gasteiger partial charge in [-0.3, -0.25) is 19.3 Å². The molecule has 0 spiro atoms. The van der Waals surface area contributed by atoms with Crippen molar-refractivity contribution in [3.63, 3.8) is 0 Å². The Labute approximate surface area is 149 Å². The minimum atomic E-state index is -0.267. The molecule has 3 amide bonds. The van der Waals surface area contributed by atoms with E-state index >= 15 is 0 Å². The molecule has 0 bridgehead atoms. The van der Waals surface area contributed by atoms with Crippen molar-refractivity contribution in [3.8, 4) is 0 Å². The predicted octanol–water partition coefficient (Wildman–Crippen LogP) is 2.05. The van der Waals surface area contributed by atoms with Gasteiger partial charge in [0.25, 0.3) is 0 Å². The van der Waals surface area contributed by atoms with Crippen LogP contribution in [0.3, 0.4) is 0 Å². The van der Waals surface area contributed by atoms with Crippen molar-refractivity contribution in [2.75, 3.05) is 18.8 Å². The Morgan fingerprint density at radius 2 is 1.96 bits per heavy atom. The molecule has 1 N–H and O–H groups in total. The van der Waals surface area contributed by atoms with Crippen LogP contribution in [0, 0.1) is 11.8 Å². The van der Waals surface area contributed by atoms with Crippen LogP contribution in [-0.2, 0) is 20.1 Å². The van der Waals surface area contributed by atoms with Crippen LogP contribution in [0.2, 0.25) is 0 Å². The average molecular weight is 364 g/mol. The monoisotopic (exact) mass is 364 g/mol. The van der Waals surface area contributed by atoms with Crippen LogP contribution in [0.5, 0.6) is 0 Å². The highest BCUT2D eigenvalue weighted by molar-refractivity contribution is 7.98. The molecule has 2 unspecified atom stereocenters. The van der Waals surface area contributed by atoms with Gasteiger partial charge in [-0.05, 0) is 24.3 Å². The Kier molecular flexibility index (Phi) is 5.73. The van der Waals surface area contributed by atoms with Gasteiger partial charge < -0.3 is 5.32 Å². The largest absolute Gasteiger partial charge is 0.354 e. The highest BCUT2D eigenvalue weighted by Crippen LogP contribution is 2.34. The molecule has 0 radical (unpaired) electrons. The van der Waals surface area contributed by atoms with Crippen LogP contribution in [0.25, 0.3) is 0 Å². The number of likely N-dealkylation sites (tertiary alicyclic amines) is 1. The molecule has 2 aliphatic rings. The van der Waals surface area contributed by atoms with Crippen LogP contribution in [0.1, 0.15) is 17.7 Å². The highest BCUT2D eigenvalue weighted by Gasteiger charge is 2.47. The molecule has 0 aromatic carbocycles. The number of thiophene rings is 1. The summed E-state index contributed by atoms with van der Waals surface area (Å²) in [5, 5.41) is 4.84. The molecular weight excluding hydrogens is 344 g/mol. The lowest BCUT2D eigenvalue weighted by Gasteiger charge is -2.14. The van der Waals surface area contributed by atoms with Crippen molar-refractivity contribution in [1.29, 1.82) is 0 Å². The fourth-order valence-electron chi connectivity index (χ4n) is 3.05. The van der Waals surface area contributed by atoms with Gasteiger partial charge in [-0.1, -0.05) is 18.2 Å². The van der Waals surface area contributed by atoms with E-state index in [0.29, 0.717) is 19.4 Å². The first kappa shape index (κ1) is 17.2. The molecule has 1 aliphatic carbocycles. The Hall–Kier alpha value is -1.60. The standard InChI is InChI=1S/C17H20N2O3S2/c20-15(18-7-9-23-11-12-4-3-8-24-12)10-19-16(21)13-5-1-2-6-14(13)17(19)22/h1-4,8,13-14H,5-7,9-11H2,(H,18,20). The zero-order valence-electron chi connectivity index (χ0n) is 13.3. The van der Waals surface area contributed by atoms with Crippen LogP contribution in [0.15, 0.2) is 29.7 Å². The fourth-order valence-corrected chi connectivity index (χ4v) is 4.75. The van der Waals surface area contributed by atoms with Gasteiger partial charge in [0, 0.05) is 22.9 Å². The second-order valence-electron chi connectivity index (χ2n) is 5.90. The second-order valence-corrected chi connectivity index (χ2v) is 8.04. The molecule has 3 rings (SSSR count). The summed E-state index contributed by atoms with van der Waals surface area (Å²) in [4.78, 5) is 39.0. The van der Waals surface area contributed by atoms with Crippen molar-refractivity contribution >= 4 is 40.8 Å². The molecule has 7 heteroatoms. The molecule has 1 aromatic rings. The summed E-state index contributed by atoms with van der Waals surface area (Å²) in [6.07, 6.45) is 5.10. The van der Waals surface area contributed by atoms with Crippen molar-refractivity contribution in [1.82, 2.24) is 10.2 Å². The van der Waals surface area contributed by atoms with E-state index in [0.717, 1.165) is 16.4 Å². The van der Waals surface area contributed by atoms with Crippen molar-refractivity contribution in [2.24, 2.45) is 11.8 Å². The molecular formula is C17H20N2O3S2. The topological polar surface area (TPSA) is 66.5 Å². The maximum absolute atomic E-state index is 12.3. The maximum atomic E-state index is 12.3. The molecule has 1 saturated heterocycles. The third-order valence-electron chi connectivity index (χ3n) is 4.29. The van der Waals surface area contributed by atoms with Gasteiger partial charge in [-0.25, -0.2) is 0 Å². The van der Waals surface area contributed by atoms with E-state index in [-0.39, 0.29) is 36.1 Å². The lowest BCUT2D eigenvalue weighted by molar-refractivity contribution is -0.143. The summed E-state index contributed by atoms with van der Waals surface area (Å²) >= 11 is 3.48. The third kappa shape index (κ3) is 3.89. The summed E-state index contributed by atoms with van der Waals surface area (Å²) in [6.45, 7) is 0.389. The van der Waals surface area contributed by atoms with Gasteiger partial charge >= 0.3 is 0 Å². The number of imide groups is 1. The van der Waals surface area contributed by atoms with E-state index in [1.54, 1.807) is 23.1 Å². The van der Waals surface area contributed by atoms with E-state index < -0.39 is 0 Å². The molecule has 24 heavy (non-hydrogen) atoms. The summed E-state index contributed by atoms with van der Waals surface area (Å²) in [6, 6.07) is 4.12. The fraction of sp³-hybridized carbons (Fsp3) is 0.471. The Bertz CT molecular complexity index is 616. The van der Waals surface area contributed by atoms with Crippen LogP contribution in [0.4, 0.5) is 0 Å². The molecule has 5 nitrogen and oxygen atoms in total. The normalized spacial score (nSPS) is 22.8. The number of allylic oxidation sites excluding steroid dienone is 2. The molecule has 1 fully saturated rings. The minimum Gasteiger partial charge on any atom is -0.354 e. The van der Waals surface area contributed by atoms with Gasteiger partial charge in [0.1, 0.15) is 6.54 Å². The van der Waals surface area contributed by atoms with Gasteiger partial charge in [-0.2, -0.15) is 11.8 Å². The number of amides is 3. The van der Waals surface area contributed by atoms with Crippen LogP contribution in [-0.4, -0.2) is 41.5 Å². The van der Waals surface area contributed by atoms with E-state index in [2.05, 4.69) is 16.8 Å². The number of fused-ring (bicyclic) bond motifs is 1. The molecule has 2 atom stereocenters. The predicted molar refractivity (Wildman–Crippen MR) is 95.6 cm³/mol. The summed E-state index contributed by atoms with van der Waals surface area (Å²) in [5.74, 6) is 0.551. The summed E-state index contributed by atoms with van der Waals surface area (Å²) in [7, 11) is 0. The SMILES string of the molecule is O=C(CN1C(=O)C2CC=CCC2C1=O)NCCSCc1cccs1. The number of hydrogen-bond acceptors (Lipinski definition) is 5. The second kappa shape index (κ2) is 7.98. The average Bonchev–Trinajstić information content (AvgIpc) is 3.18. The van der Waals surface area contributed by atoms with Crippen LogP contribution >= 0.6 is 23.1 Å². The first-order valence-electron chi connectivity index (χ1n) is 8.04. The van der Waals surface area contributed by atoms with Crippen LogP contribution < -0.4 is 5.32 Å². The number of nitrogens with zero attached hydrogens (tertiary/aromatic N) is 1. The maximum Gasteiger partial charge on any atom is 0.240 e. The summed E-state index contributed by atoms with van der Waals surface area (Å²) < 4.78 is 0. The molecule has 1 aliphatic heterocycles. The highest BCUT2D eigenvalue weighted by atomic mass is 32.2. The lowest BCUT2D eigenvalue weighted by Crippen LogP contribution is -2.41. The summed E-state index contributed by atoms with van der Waals surface area (Å²) in [5.41, 5.74) is 0. The van der Waals surface area contributed by atoms with E-state index in [1.165, 1.54) is 4.88 Å². The third-order valence-corrected chi connectivity index (χ3v) is 6.36. The smallest absolute Gasteiger partial charge is 0.240 e. The zero-order valence-corrected chi connectivity index (χ0v) is 14.9. The number of thioether (sulfide) groups is 1. The van der Waals surface area contributed by atoms with Gasteiger partial charge in [0.2, 0.25) is 17.7 Å². The van der Waals surface area contributed by atoms with Crippen molar-refractivity contribution in [2.45, 2.75) is 18.6 Å². The quantitative estimate of drug-likeness (QED) is 0.457. The Morgan fingerprint density at radius 1 is 1.25 bits per heavy atom. The number of rotatable bonds is 7. The molecule has 2 heterocycles. The van der Waals surface area contributed by atoms with Crippen molar-refractivity contribution < 1.29 is 14.4 Å². The Balaban J connectivity index is 1.39. The number of carbonyl (C=O) groups is 3. The van der Waals surface area contributed by atoms with E-state index in [4.69, 9.17) is 0 Å². The van der Waals surface area contributed by atoms with Gasteiger partial charge in [0.05, 0.1) is 11.8 Å². The van der Waals surface area contributed by atoms with E-state index in [9.17, 15) is 14.4 Å². The minimum absolute atomic E-state index is 0.153. The molecule has 128 valence electrons. The first-order chi connectivity index (χ1) is 11.7. The first-order valence-corrected chi connectivity index (χ1v) is 10.1.